The van der Waals surface area contributed by atoms with Gasteiger partial charge in [0.05, 0.1) is 11.6 Å². The molecule has 1 rings (SSSR count). The Kier molecular flexibility index (Phi) is 4.37. The highest BCUT2D eigenvalue weighted by Crippen LogP contribution is 2.16. The van der Waals surface area contributed by atoms with Gasteiger partial charge in [-0.1, -0.05) is 11.6 Å². The zero-order chi connectivity index (χ0) is 12.1. The first kappa shape index (κ1) is 12.6. The Morgan fingerprint density at radius 3 is 2.81 bits per heavy atom. The molecule has 0 amide bonds. The summed E-state index contributed by atoms with van der Waals surface area (Å²) >= 11 is 5.75. The van der Waals surface area contributed by atoms with Gasteiger partial charge in [-0.05, 0) is 13.8 Å². The predicted octanol–water partition coefficient (Wildman–Crippen LogP) is 1.51. The summed E-state index contributed by atoms with van der Waals surface area (Å²) in [5.41, 5.74) is 0.0391. The standard InChI is InChI=1S/C10H11ClN2O3/c1-3-16-10(15)6(2)9(14)8-7(11)4-12-5-13-8/h4-6H,3H2,1-2H3. The molecule has 0 aliphatic rings. The van der Waals surface area contributed by atoms with Gasteiger partial charge in [-0.2, -0.15) is 0 Å². The van der Waals surface area contributed by atoms with Gasteiger partial charge in [0.2, 0.25) is 0 Å². The van der Waals surface area contributed by atoms with E-state index in [0.717, 1.165) is 0 Å². The van der Waals surface area contributed by atoms with Crippen molar-refractivity contribution in [2.45, 2.75) is 13.8 Å². The molecule has 1 aromatic rings. The van der Waals surface area contributed by atoms with Crippen LogP contribution in [0, 0.1) is 5.92 Å². The molecule has 1 unspecified atom stereocenters. The fraction of sp³-hybridized carbons (Fsp3) is 0.400. The summed E-state index contributed by atoms with van der Waals surface area (Å²) in [6.45, 7) is 3.36. The van der Waals surface area contributed by atoms with Gasteiger partial charge in [0.25, 0.3) is 0 Å². The lowest BCUT2D eigenvalue weighted by Gasteiger charge is -2.09. The van der Waals surface area contributed by atoms with Crippen LogP contribution in [0.25, 0.3) is 0 Å². The third kappa shape index (κ3) is 2.76. The van der Waals surface area contributed by atoms with Crippen LogP contribution in [-0.2, 0) is 9.53 Å². The van der Waals surface area contributed by atoms with Crippen LogP contribution in [-0.4, -0.2) is 28.3 Å². The first-order chi connectivity index (χ1) is 7.57. The highest BCUT2D eigenvalue weighted by molar-refractivity contribution is 6.34. The summed E-state index contributed by atoms with van der Waals surface area (Å²) in [6.07, 6.45) is 2.51. The lowest BCUT2D eigenvalue weighted by molar-refractivity contribution is -0.145. The molecule has 86 valence electrons. The van der Waals surface area contributed by atoms with Crippen LogP contribution in [0.3, 0.4) is 0 Å². The normalized spacial score (nSPS) is 11.9. The van der Waals surface area contributed by atoms with Crippen LogP contribution in [0.1, 0.15) is 24.3 Å². The number of ketones is 1. The fourth-order valence-electron chi connectivity index (χ4n) is 1.07. The molecule has 0 aromatic carbocycles. The maximum Gasteiger partial charge on any atom is 0.316 e. The van der Waals surface area contributed by atoms with E-state index in [1.165, 1.54) is 19.4 Å². The van der Waals surface area contributed by atoms with Crippen molar-refractivity contribution in [2.75, 3.05) is 6.61 Å². The van der Waals surface area contributed by atoms with Gasteiger partial charge in [-0.3, -0.25) is 9.59 Å². The Balaban J connectivity index is 2.86. The van der Waals surface area contributed by atoms with Crippen molar-refractivity contribution in [3.05, 3.63) is 23.2 Å². The van der Waals surface area contributed by atoms with E-state index >= 15 is 0 Å². The van der Waals surface area contributed by atoms with Gasteiger partial charge in [0.1, 0.15) is 17.9 Å². The van der Waals surface area contributed by atoms with Crippen LogP contribution < -0.4 is 0 Å². The summed E-state index contributed by atoms with van der Waals surface area (Å²) < 4.78 is 4.74. The number of ether oxygens (including phenoxy) is 1. The highest BCUT2D eigenvalue weighted by Gasteiger charge is 2.26. The van der Waals surface area contributed by atoms with Crippen LogP contribution in [0.5, 0.6) is 0 Å². The molecule has 0 radical (unpaired) electrons. The third-order valence-electron chi connectivity index (χ3n) is 1.93. The number of nitrogens with zero attached hydrogens (tertiary/aromatic N) is 2. The van der Waals surface area contributed by atoms with Crippen LogP contribution in [0.4, 0.5) is 0 Å². The molecule has 0 saturated heterocycles. The number of hydrogen-bond donors (Lipinski definition) is 0. The Morgan fingerprint density at radius 1 is 1.56 bits per heavy atom. The second-order valence-electron chi connectivity index (χ2n) is 3.06. The first-order valence-corrected chi connectivity index (χ1v) is 5.12. The second kappa shape index (κ2) is 5.55. The van der Waals surface area contributed by atoms with E-state index < -0.39 is 17.7 Å². The maximum absolute atomic E-state index is 11.8. The summed E-state index contributed by atoms with van der Waals surface area (Å²) in [4.78, 5) is 30.5. The summed E-state index contributed by atoms with van der Waals surface area (Å²) in [6, 6.07) is 0. The number of halogens is 1. The van der Waals surface area contributed by atoms with Crippen molar-refractivity contribution in [2.24, 2.45) is 5.92 Å². The molecule has 0 fully saturated rings. The highest BCUT2D eigenvalue weighted by atomic mass is 35.5. The molecule has 16 heavy (non-hydrogen) atoms. The van der Waals surface area contributed by atoms with Gasteiger partial charge in [-0.15, -0.1) is 0 Å². The topological polar surface area (TPSA) is 69.2 Å². The minimum atomic E-state index is -0.910. The van der Waals surface area contributed by atoms with Gasteiger partial charge < -0.3 is 4.74 Å². The van der Waals surface area contributed by atoms with E-state index in [1.54, 1.807) is 6.92 Å². The SMILES string of the molecule is CCOC(=O)C(C)C(=O)c1ncncc1Cl. The van der Waals surface area contributed by atoms with E-state index in [4.69, 9.17) is 16.3 Å². The zero-order valence-corrected chi connectivity index (χ0v) is 9.69. The summed E-state index contributed by atoms with van der Waals surface area (Å²) in [5, 5.41) is 0.128. The number of hydrogen-bond acceptors (Lipinski definition) is 5. The molecule has 0 aliphatic carbocycles. The minimum Gasteiger partial charge on any atom is -0.465 e. The number of Topliss-reactive ketones (excluding diaryl/α,β-unsaturated/α-hetero) is 1. The van der Waals surface area contributed by atoms with E-state index in [1.807, 2.05) is 0 Å². The smallest absolute Gasteiger partial charge is 0.316 e. The molecule has 0 N–H and O–H groups in total. The maximum atomic E-state index is 11.8. The number of esters is 1. The average molecular weight is 243 g/mol. The van der Waals surface area contributed by atoms with Crippen LogP contribution in [0.2, 0.25) is 5.02 Å². The predicted molar refractivity (Wildman–Crippen MR) is 57.2 cm³/mol. The summed E-state index contributed by atoms with van der Waals surface area (Å²) in [7, 11) is 0. The molecular weight excluding hydrogens is 232 g/mol. The van der Waals surface area contributed by atoms with Gasteiger partial charge >= 0.3 is 5.97 Å². The van der Waals surface area contributed by atoms with Crippen molar-refractivity contribution in [3.8, 4) is 0 Å². The second-order valence-corrected chi connectivity index (χ2v) is 3.46. The monoisotopic (exact) mass is 242 g/mol. The molecule has 1 heterocycles. The van der Waals surface area contributed by atoms with E-state index in [-0.39, 0.29) is 17.3 Å². The van der Waals surface area contributed by atoms with Crippen molar-refractivity contribution in [1.82, 2.24) is 9.97 Å². The first-order valence-electron chi connectivity index (χ1n) is 4.74. The minimum absolute atomic E-state index is 0.0391. The Labute approximate surface area is 97.8 Å². The molecule has 0 spiro atoms. The fourth-order valence-corrected chi connectivity index (χ4v) is 1.27. The lowest BCUT2D eigenvalue weighted by atomic mass is 10.0. The summed E-state index contributed by atoms with van der Waals surface area (Å²) in [5.74, 6) is -1.96. The molecule has 0 bridgehead atoms. The van der Waals surface area contributed by atoms with Crippen LogP contribution >= 0.6 is 11.6 Å². The van der Waals surface area contributed by atoms with E-state index in [0.29, 0.717) is 0 Å². The van der Waals surface area contributed by atoms with Gasteiger partial charge in [-0.25, -0.2) is 9.97 Å². The zero-order valence-electron chi connectivity index (χ0n) is 8.94. The molecule has 5 nitrogen and oxygen atoms in total. The number of carbonyl (C=O) groups excluding carboxylic acids is 2. The molecular formula is C10H11ClN2O3. The van der Waals surface area contributed by atoms with E-state index in [2.05, 4.69) is 9.97 Å². The van der Waals surface area contributed by atoms with Crippen molar-refractivity contribution < 1.29 is 14.3 Å². The number of aromatic nitrogens is 2. The quantitative estimate of drug-likeness (QED) is 0.455. The van der Waals surface area contributed by atoms with Crippen molar-refractivity contribution in [3.63, 3.8) is 0 Å². The molecule has 1 aromatic heterocycles. The number of carbonyl (C=O) groups is 2. The Hall–Kier alpha value is -1.49. The van der Waals surface area contributed by atoms with Gasteiger partial charge in [0.15, 0.2) is 5.78 Å². The van der Waals surface area contributed by atoms with Crippen molar-refractivity contribution >= 4 is 23.4 Å². The Morgan fingerprint density at radius 2 is 2.25 bits per heavy atom. The molecule has 1 atom stereocenters. The van der Waals surface area contributed by atoms with Gasteiger partial charge in [0, 0.05) is 6.20 Å². The lowest BCUT2D eigenvalue weighted by Crippen LogP contribution is -2.24. The largest absolute Gasteiger partial charge is 0.465 e. The molecule has 0 saturated carbocycles. The number of rotatable bonds is 4. The van der Waals surface area contributed by atoms with Crippen molar-refractivity contribution in [1.29, 1.82) is 0 Å². The van der Waals surface area contributed by atoms with E-state index in [9.17, 15) is 9.59 Å². The Bertz CT molecular complexity index is 409. The molecule has 6 heteroatoms. The average Bonchev–Trinajstić information content (AvgIpc) is 2.28. The van der Waals surface area contributed by atoms with Crippen LogP contribution in [0.15, 0.2) is 12.5 Å². The molecule has 0 aliphatic heterocycles. The third-order valence-corrected chi connectivity index (χ3v) is 2.21.